The standard InChI is InChI=1S/C63H47NO/c1-4-16-43(17-5-1)51-36-35-50(41-55(51)44-18-6-2-7-19-44)64(48-22-8-3-9-23-48)49-33-28-42(29-34-49)47-32-37-58-56(40-47)54-26-14-15-27-57(54)63(58)59-38-30-45-20-10-12-24-52(45)61(59)65-62-53-25-13-11-21-46(53)31-39-60(62)63/h1-2,4-8,10,12-20,22-41,59,61H,3,9,11,21H2/t59?,61-,63?/m1/s1. The van der Waals surface area contributed by atoms with Crippen LogP contribution in [0.15, 0.2) is 218 Å². The quantitative estimate of drug-likeness (QED) is 0.165. The molecule has 2 unspecified atom stereocenters. The zero-order valence-corrected chi connectivity index (χ0v) is 36.2. The maximum atomic E-state index is 7.32. The van der Waals surface area contributed by atoms with Crippen molar-refractivity contribution in [3.05, 3.63) is 257 Å². The first-order chi connectivity index (χ1) is 32.2. The van der Waals surface area contributed by atoms with Gasteiger partial charge in [0.15, 0.2) is 0 Å². The SMILES string of the molecule is C1=CC(N(c2ccc(-c3ccc4c(c3)-c3ccccc3C43c4ccc5c(c4O[C@@H]4c6ccccc6C=CC43)C=CCC5)cc2)c2ccc(-c3ccccc3)c(-c3ccccc3)c2)=CCC1. The molecule has 0 aromatic heterocycles. The molecule has 8 aromatic rings. The monoisotopic (exact) mass is 833 g/mol. The molecule has 2 heteroatoms. The van der Waals surface area contributed by atoms with Crippen LogP contribution < -0.4 is 9.64 Å². The maximum absolute atomic E-state index is 7.32. The van der Waals surface area contributed by atoms with E-state index in [1.54, 1.807) is 0 Å². The Morgan fingerprint density at radius 1 is 0.477 bits per heavy atom. The van der Waals surface area contributed by atoms with Crippen LogP contribution in [-0.2, 0) is 11.8 Å². The highest BCUT2D eigenvalue weighted by atomic mass is 16.5. The number of anilines is 2. The summed E-state index contributed by atoms with van der Waals surface area (Å²) < 4.78 is 7.32. The van der Waals surface area contributed by atoms with E-state index in [0.717, 1.165) is 42.8 Å². The summed E-state index contributed by atoms with van der Waals surface area (Å²) in [5.74, 6) is 1.12. The van der Waals surface area contributed by atoms with Crippen LogP contribution in [-0.4, -0.2) is 0 Å². The molecule has 0 radical (unpaired) electrons. The lowest BCUT2D eigenvalue weighted by molar-refractivity contribution is 0.102. The smallest absolute Gasteiger partial charge is 0.132 e. The van der Waals surface area contributed by atoms with Gasteiger partial charge in [-0.05, 0) is 129 Å². The van der Waals surface area contributed by atoms with Crippen molar-refractivity contribution in [2.75, 3.05) is 4.90 Å². The molecule has 3 atom stereocenters. The van der Waals surface area contributed by atoms with E-state index in [0.29, 0.717) is 0 Å². The topological polar surface area (TPSA) is 12.5 Å². The first-order valence-electron chi connectivity index (χ1n) is 23.3. The van der Waals surface area contributed by atoms with E-state index in [9.17, 15) is 0 Å². The summed E-state index contributed by atoms with van der Waals surface area (Å²) >= 11 is 0. The third kappa shape index (κ3) is 5.94. The van der Waals surface area contributed by atoms with Crippen LogP contribution in [0.2, 0.25) is 0 Å². The number of allylic oxidation sites excluding steroid dienone is 4. The highest BCUT2D eigenvalue weighted by molar-refractivity contribution is 5.91. The highest BCUT2D eigenvalue weighted by Gasteiger charge is 2.57. The molecular formula is C63H47NO. The van der Waals surface area contributed by atoms with Crippen LogP contribution in [0.1, 0.15) is 64.3 Å². The van der Waals surface area contributed by atoms with Crippen molar-refractivity contribution >= 4 is 23.5 Å². The Bertz CT molecular complexity index is 3300. The van der Waals surface area contributed by atoms with E-state index in [-0.39, 0.29) is 12.0 Å². The van der Waals surface area contributed by atoms with Crippen molar-refractivity contribution in [1.29, 1.82) is 0 Å². The van der Waals surface area contributed by atoms with Crippen molar-refractivity contribution in [2.24, 2.45) is 5.92 Å². The Kier molecular flexibility index (Phi) is 8.88. The Hall–Kier alpha value is -7.68. The third-order valence-electron chi connectivity index (χ3n) is 14.6. The molecule has 310 valence electrons. The molecule has 0 bridgehead atoms. The first kappa shape index (κ1) is 37.8. The minimum Gasteiger partial charge on any atom is -0.484 e. The van der Waals surface area contributed by atoms with Crippen molar-refractivity contribution in [3.63, 3.8) is 0 Å². The zero-order chi connectivity index (χ0) is 42.9. The Morgan fingerprint density at radius 2 is 1.18 bits per heavy atom. The van der Waals surface area contributed by atoms with Crippen LogP contribution in [0.3, 0.4) is 0 Å². The van der Waals surface area contributed by atoms with Crippen LogP contribution in [0, 0.1) is 5.92 Å². The molecule has 2 nitrogen and oxygen atoms in total. The molecule has 1 aliphatic heterocycles. The molecule has 1 heterocycles. The van der Waals surface area contributed by atoms with E-state index in [4.69, 9.17) is 4.74 Å². The van der Waals surface area contributed by atoms with Gasteiger partial charge in [-0.1, -0.05) is 188 Å². The second kappa shape index (κ2) is 15.2. The second-order valence-corrected chi connectivity index (χ2v) is 18.1. The van der Waals surface area contributed by atoms with Crippen molar-refractivity contribution < 1.29 is 4.74 Å². The predicted octanol–water partition coefficient (Wildman–Crippen LogP) is 16.1. The van der Waals surface area contributed by atoms with Gasteiger partial charge in [0.1, 0.15) is 11.9 Å². The first-order valence-corrected chi connectivity index (χ1v) is 23.3. The lowest BCUT2D eigenvalue weighted by Gasteiger charge is -2.49. The van der Waals surface area contributed by atoms with Gasteiger partial charge in [0.2, 0.25) is 0 Å². The molecule has 0 amide bonds. The van der Waals surface area contributed by atoms with Gasteiger partial charge >= 0.3 is 0 Å². The van der Waals surface area contributed by atoms with Gasteiger partial charge in [0, 0.05) is 39.7 Å². The zero-order valence-electron chi connectivity index (χ0n) is 36.2. The molecule has 0 N–H and O–H groups in total. The number of hydrogen-bond donors (Lipinski definition) is 0. The van der Waals surface area contributed by atoms with Gasteiger partial charge < -0.3 is 9.64 Å². The lowest BCUT2D eigenvalue weighted by Crippen LogP contribution is -2.45. The molecule has 1 spiro atoms. The summed E-state index contributed by atoms with van der Waals surface area (Å²) in [5, 5.41) is 0. The van der Waals surface area contributed by atoms with Crippen LogP contribution in [0.25, 0.3) is 56.7 Å². The van der Waals surface area contributed by atoms with Crippen molar-refractivity contribution in [2.45, 2.75) is 37.2 Å². The minimum absolute atomic E-state index is 0.0707. The summed E-state index contributed by atoms with van der Waals surface area (Å²) in [6, 6.07) is 67.7. The fourth-order valence-corrected chi connectivity index (χ4v) is 11.7. The van der Waals surface area contributed by atoms with Gasteiger partial charge in [-0.15, -0.1) is 0 Å². The summed E-state index contributed by atoms with van der Waals surface area (Å²) in [6.07, 6.45) is 20.4. The number of hydrogen-bond acceptors (Lipinski definition) is 2. The van der Waals surface area contributed by atoms with Crippen molar-refractivity contribution in [3.8, 4) is 50.3 Å². The number of rotatable bonds is 6. The molecule has 4 aliphatic carbocycles. The molecule has 13 rings (SSSR count). The van der Waals surface area contributed by atoms with Gasteiger partial charge in [-0.2, -0.15) is 0 Å². The number of fused-ring (bicyclic) bond motifs is 13. The summed E-state index contributed by atoms with van der Waals surface area (Å²) in [5.41, 5.74) is 22.1. The van der Waals surface area contributed by atoms with Crippen LogP contribution >= 0.6 is 0 Å². The summed E-state index contributed by atoms with van der Waals surface area (Å²) in [4.78, 5) is 2.42. The van der Waals surface area contributed by atoms with Crippen LogP contribution in [0.5, 0.6) is 5.75 Å². The highest BCUT2D eigenvalue weighted by Crippen LogP contribution is 2.65. The van der Waals surface area contributed by atoms with E-state index in [1.807, 2.05) is 0 Å². The Labute approximate surface area is 381 Å². The van der Waals surface area contributed by atoms with Crippen LogP contribution in [0.4, 0.5) is 11.4 Å². The largest absolute Gasteiger partial charge is 0.484 e. The number of ether oxygens (including phenoxy) is 1. The Balaban J connectivity index is 0.933. The maximum Gasteiger partial charge on any atom is 0.132 e. The average molecular weight is 834 g/mol. The number of benzene rings is 8. The van der Waals surface area contributed by atoms with E-state index in [1.165, 1.54) is 89.1 Å². The van der Waals surface area contributed by atoms with Gasteiger partial charge in [-0.3, -0.25) is 0 Å². The fraction of sp³-hybridized carbons (Fsp3) is 0.111. The third-order valence-corrected chi connectivity index (χ3v) is 14.6. The summed E-state index contributed by atoms with van der Waals surface area (Å²) in [7, 11) is 0. The van der Waals surface area contributed by atoms with Gasteiger partial charge in [-0.25, -0.2) is 0 Å². The predicted molar refractivity (Wildman–Crippen MR) is 269 cm³/mol. The molecular weight excluding hydrogens is 787 g/mol. The molecule has 0 fully saturated rings. The molecule has 0 saturated heterocycles. The summed E-state index contributed by atoms with van der Waals surface area (Å²) in [6.45, 7) is 0. The van der Waals surface area contributed by atoms with Crippen molar-refractivity contribution in [1.82, 2.24) is 0 Å². The molecule has 8 aromatic carbocycles. The second-order valence-electron chi connectivity index (χ2n) is 18.1. The lowest BCUT2D eigenvalue weighted by atomic mass is 9.58. The molecule has 0 saturated carbocycles. The molecule has 5 aliphatic rings. The van der Waals surface area contributed by atoms with Gasteiger partial charge in [0.25, 0.3) is 0 Å². The van der Waals surface area contributed by atoms with E-state index < -0.39 is 5.41 Å². The normalized spacial score (nSPS) is 19.2. The molecule has 65 heavy (non-hydrogen) atoms. The Morgan fingerprint density at radius 3 is 2.02 bits per heavy atom. The number of nitrogens with zero attached hydrogens (tertiary/aromatic N) is 1. The van der Waals surface area contributed by atoms with E-state index >= 15 is 0 Å². The minimum atomic E-state index is -0.423. The fourth-order valence-electron chi connectivity index (χ4n) is 11.7. The number of aryl methyl sites for hydroxylation is 1. The van der Waals surface area contributed by atoms with E-state index in [2.05, 4.69) is 229 Å². The van der Waals surface area contributed by atoms with Gasteiger partial charge in [0.05, 0.1) is 5.41 Å². The average Bonchev–Trinajstić information content (AvgIpc) is 3.67.